The van der Waals surface area contributed by atoms with Crippen molar-refractivity contribution in [3.8, 4) is 0 Å². The largest absolute Gasteiger partial charge is 0.356 e. The standard InChI is InChI=1S/C19H28N4O/c24-19(20-11-7-14-22-12-5-1-2-6-13-22)10-15-23-16-21-17-8-3-4-9-18(17)23/h3-4,8-9,16H,1-2,5-7,10-15H2,(H,20,24). The van der Waals surface area contributed by atoms with Gasteiger partial charge in [0.15, 0.2) is 0 Å². The van der Waals surface area contributed by atoms with Gasteiger partial charge in [0.2, 0.25) is 5.91 Å². The van der Waals surface area contributed by atoms with Gasteiger partial charge in [-0.05, 0) is 51.0 Å². The van der Waals surface area contributed by atoms with Gasteiger partial charge in [-0.15, -0.1) is 0 Å². The highest BCUT2D eigenvalue weighted by molar-refractivity contribution is 5.77. The van der Waals surface area contributed by atoms with E-state index < -0.39 is 0 Å². The number of nitrogens with zero attached hydrogens (tertiary/aromatic N) is 3. The number of para-hydroxylation sites is 2. The Labute approximate surface area is 144 Å². The quantitative estimate of drug-likeness (QED) is 0.795. The molecule has 0 bridgehead atoms. The molecule has 0 aliphatic carbocycles. The summed E-state index contributed by atoms with van der Waals surface area (Å²) in [5.41, 5.74) is 2.07. The van der Waals surface area contributed by atoms with Crippen LogP contribution in [0.5, 0.6) is 0 Å². The van der Waals surface area contributed by atoms with Crippen LogP contribution >= 0.6 is 0 Å². The second kappa shape index (κ2) is 8.83. The molecule has 1 amide bonds. The Morgan fingerprint density at radius 2 is 1.88 bits per heavy atom. The molecule has 1 N–H and O–H groups in total. The van der Waals surface area contributed by atoms with Crippen LogP contribution in [0.1, 0.15) is 38.5 Å². The fraction of sp³-hybridized carbons (Fsp3) is 0.579. The van der Waals surface area contributed by atoms with Crippen LogP contribution < -0.4 is 5.32 Å². The molecule has 0 saturated carbocycles. The van der Waals surface area contributed by atoms with Crippen molar-refractivity contribution in [1.82, 2.24) is 19.8 Å². The summed E-state index contributed by atoms with van der Waals surface area (Å²) in [5, 5.41) is 3.05. The Kier molecular flexibility index (Phi) is 6.24. The number of amides is 1. The fourth-order valence-corrected chi connectivity index (χ4v) is 3.39. The van der Waals surface area contributed by atoms with Gasteiger partial charge in [0, 0.05) is 19.5 Å². The van der Waals surface area contributed by atoms with Crippen molar-refractivity contribution < 1.29 is 4.79 Å². The van der Waals surface area contributed by atoms with E-state index in [-0.39, 0.29) is 5.91 Å². The van der Waals surface area contributed by atoms with Crippen LogP contribution in [0.2, 0.25) is 0 Å². The van der Waals surface area contributed by atoms with E-state index in [1.54, 1.807) is 0 Å². The predicted molar refractivity (Wildman–Crippen MR) is 96.9 cm³/mol. The molecular formula is C19H28N4O. The summed E-state index contributed by atoms with van der Waals surface area (Å²) in [4.78, 5) is 18.9. The van der Waals surface area contributed by atoms with Crippen LogP contribution in [0.3, 0.4) is 0 Å². The van der Waals surface area contributed by atoms with Gasteiger partial charge < -0.3 is 14.8 Å². The Morgan fingerprint density at radius 1 is 1.08 bits per heavy atom. The van der Waals surface area contributed by atoms with Gasteiger partial charge >= 0.3 is 0 Å². The molecule has 2 heterocycles. The number of fused-ring (bicyclic) bond motifs is 1. The molecule has 0 spiro atoms. The summed E-state index contributed by atoms with van der Waals surface area (Å²) in [6.45, 7) is 5.01. The second-order valence-corrected chi connectivity index (χ2v) is 6.64. The summed E-state index contributed by atoms with van der Waals surface area (Å²) >= 11 is 0. The molecule has 1 aromatic carbocycles. The molecule has 1 aliphatic rings. The highest BCUT2D eigenvalue weighted by atomic mass is 16.1. The Balaban J connectivity index is 1.34. The molecule has 1 fully saturated rings. The predicted octanol–water partition coefficient (Wildman–Crippen LogP) is 2.81. The molecule has 130 valence electrons. The first-order chi connectivity index (χ1) is 11.8. The van der Waals surface area contributed by atoms with Crippen LogP contribution in [-0.2, 0) is 11.3 Å². The normalized spacial score (nSPS) is 16.2. The number of hydrogen-bond acceptors (Lipinski definition) is 3. The third-order valence-corrected chi connectivity index (χ3v) is 4.78. The third-order valence-electron chi connectivity index (χ3n) is 4.78. The average molecular weight is 328 g/mol. The van der Waals surface area contributed by atoms with Gasteiger partial charge in [-0.25, -0.2) is 4.98 Å². The average Bonchev–Trinajstić information content (AvgIpc) is 2.83. The van der Waals surface area contributed by atoms with E-state index in [1.165, 1.54) is 38.8 Å². The maximum absolute atomic E-state index is 12.0. The zero-order valence-electron chi connectivity index (χ0n) is 14.4. The monoisotopic (exact) mass is 328 g/mol. The van der Waals surface area contributed by atoms with Gasteiger partial charge in [-0.3, -0.25) is 4.79 Å². The topological polar surface area (TPSA) is 50.2 Å². The van der Waals surface area contributed by atoms with E-state index in [4.69, 9.17) is 0 Å². The molecule has 24 heavy (non-hydrogen) atoms. The van der Waals surface area contributed by atoms with Crippen LogP contribution in [0.15, 0.2) is 30.6 Å². The highest BCUT2D eigenvalue weighted by Gasteiger charge is 2.09. The zero-order valence-corrected chi connectivity index (χ0v) is 14.4. The van der Waals surface area contributed by atoms with Gasteiger partial charge in [0.25, 0.3) is 0 Å². The molecule has 0 radical (unpaired) electrons. The van der Waals surface area contributed by atoms with Gasteiger partial charge in [-0.2, -0.15) is 0 Å². The molecule has 5 heteroatoms. The van der Waals surface area contributed by atoms with Crippen molar-refractivity contribution in [2.45, 2.75) is 45.1 Å². The van der Waals surface area contributed by atoms with Crippen molar-refractivity contribution in [2.24, 2.45) is 0 Å². The third kappa shape index (κ3) is 4.81. The molecule has 0 unspecified atom stereocenters. The van der Waals surface area contributed by atoms with Crippen molar-refractivity contribution in [1.29, 1.82) is 0 Å². The minimum Gasteiger partial charge on any atom is -0.356 e. The number of nitrogens with one attached hydrogen (secondary N) is 1. The number of benzene rings is 1. The molecule has 3 rings (SSSR count). The van der Waals surface area contributed by atoms with Crippen LogP contribution in [0, 0.1) is 0 Å². The van der Waals surface area contributed by atoms with E-state index in [9.17, 15) is 4.79 Å². The summed E-state index contributed by atoms with van der Waals surface area (Å²) in [6, 6.07) is 8.02. The number of carbonyl (C=O) groups is 1. The minimum atomic E-state index is 0.128. The number of imidazole rings is 1. The molecule has 1 aromatic heterocycles. The first-order valence-corrected chi connectivity index (χ1v) is 9.22. The van der Waals surface area contributed by atoms with Gasteiger partial charge in [-0.1, -0.05) is 25.0 Å². The van der Waals surface area contributed by atoms with Crippen LogP contribution in [0.25, 0.3) is 11.0 Å². The minimum absolute atomic E-state index is 0.128. The molecule has 0 atom stereocenters. The van der Waals surface area contributed by atoms with E-state index in [1.807, 2.05) is 35.2 Å². The SMILES string of the molecule is O=C(CCn1cnc2ccccc21)NCCCN1CCCCCC1. The maximum Gasteiger partial charge on any atom is 0.221 e. The lowest BCUT2D eigenvalue weighted by Gasteiger charge is -2.19. The lowest BCUT2D eigenvalue weighted by Crippen LogP contribution is -2.30. The van der Waals surface area contributed by atoms with Gasteiger partial charge in [0.05, 0.1) is 17.4 Å². The maximum atomic E-state index is 12.0. The fourth-order valence-electron chi connectivity index (χ4n) is 3.39. The highest BCUT2D eigenvalue weighted by Crippen LogP contribution is 2.12. The molecule has 2 aromatic rings. The number of aromatic nitrogens is 2. The number of rotatable bonds is 7. The van der Waals surface area contributed by atoms with Crippen LogP contribution in [-0.4, -0.2) is 46.5 Å². The van der Waals surface area contributed by atoms with E-state index in [0.717, 1.165) is 30.5 Å². The van der Waals surface area contributed by atoms with E-state index in [0.29, 0.717) is 13.0 Å². The van der Waals surface area contributed by atoms with Crippen molar-refractivity contribution >= 4 is 16.9 Å². The molecule has 1 aliphatic heterocycles. The number of aryl methyl sites for hydroxylation is 1. The van der Waals surface area contributed by atoms with Crippen molar-refractivity contribution in [3.05, 3.63) is 30.6 Å². The van der Waals surface area contributed by atoms with Crippen LogP contribution in [0.4, 0.5) is 0 Å². The number of hydrogen-bond donors (Lipinski definition) is 1. The molecular weight excluding hydrogens is 300 g/mol. The van der Waals surface area contributed by atoms with E-state index in [2.05, 4.69) is 15.2 Å². The summed E-state index contributed by atoms with van der Waals surface area (Å²) in [7, 11) is 0. The number of carbonyl (C=O) groups excluding carboxylic acids is 1. The lowest BCUT2D eigenvalue weighted by atomic mass is 10.2. The first kappa shape index (κ1) is 17.0. The zero-order chi connectivity index (χ0) is 16.6. The smallest absolute Gasteiger partial charge is 0.221 e. The second-order valence-electron chi connectivity index (χ2n) is 6.64. The molecule has 1 saturated heterocycles. The Morgan fingerprint density at radius 3 is 2.71 bits per heavy atom. The lowest BCUT2D eigenvalue weighted by molar-refractivity contribution is -0.121. The van der Waals surface area contributed by atoms with Crippen molar-refractivity contribution in [2.75, 3.05) is 26.2 Å². The van der Waals surface area contributed by atoms with E-state index >= 15 is 0 Å². The van der Waals surface area contributed by atoms with Gasteiger partial charge in [0.1, 0.15) is 0 Å². The van der Waals surface area contributed by atoms with Crippen molar-refractivity contribution in [3.63, 3.8) is 0 Å². The Bertz CT molecular complexity index is 644. The molecule has 5 nitrogen and oxygen atoms in total. The summed E-state index contributed by atoms with van der Waals surface area (Å²) in [6.07, 6.45) is 8.75. The summed E-state index contributed by atoms with van der Waals surface area (Å²) in [5.74, 6) is 0.128. The Hall–Kier alpha value is -1.88. The summed E-state index contributed by atoms with van der Waals surface area (Å²) < 4.78 is 2.05. The number of likely N-dealkylation sites (tertiary alicyclic amines) is 1. The first-order valence-electron chi connectivity index (χ1n) is 9.22.